The van der Waals surface area contributed by atoms with Gasteiger partial charge in [0.15, 0.2) is 0 Å². The Kier molecular flexibility index (Phi) is 2.99. The van der Waals surface area contributed by atoms with E-state index < -0.39 is 0 Å². The van der Waals surface area contributed by atoms with Crippen molar-refractivity contribution in [1.29, 1.82) is 0 Å². The standard InChI is InChI=1S/C11H21NO/c1-5-10(13)12-7-6-11(4,8-12)9(2)3/h9H,5-8H2,1-4H3/t11-/m0/s1. The second-order valence-corrected chi connectivity index (χ2v) is 4.73. The highest BCUT2D eigenvalue weighted by Gasteiger charge is 2.37. The smallest absolute Gasteiger partial charge is 0.222 e. The van der Waals surface area contributed by atoms with Crippen molar-refractivity contribution in [3.05, 3.63) is 0 Å². The number of likely N-dealkylation sites (tertiary alicyclic amines) is 1. The zero-order valence-electron chi connectivity index (χ0n) is 9.26. The number of nitrogens with zero attached hydrogens (tertiary/aromatic N) is 1. The van der Waals surface area contributed by atoms with Gasteiger partial charge in [-0.2, -0.15) is 0 Å². The molecule has 1 rings (SSSR count). The fourth-order valence-electron chi connectivity index (χ4n) is 1.89. The Morgan fingerprint density at radius 3 is 2.54 bits per heavy atom. The van der Waals surface area contributed by atoms with Crippen LogP contribution in [0.3, 0.4) is 0 Å². The summed E-state index contributed by atoms with van der Waals surface area (Å²) < 4.78 is 0. The lowest BCUT2D eigenvalue weighted by Gasteiger charge is -2.28. The fourth-order valence-corrected chi connectivity index (χ4v) is 1.89. The van der Waals surface area contributed by atoms with Gasteiger partial charge in [-0.15, -0.1) is 0 Å². The Morgan fingerprint density at radius 1 is 1.54 bits per heavy atom. The summed E-state index contributed by atoms with van der Waals surface area (Å²) in [4.78, 5) is 13.5. The van der Waals surface area contributed by atoms with Crippen LogP contribution in [0.2, 0.25) is 0 Å². The maximum absolute atomic E-state index is 11.5. The van der Waals surface area contributed by atoms with Crippen molar-refractivity contribution in [2.75, 3.05) is 13.1 Å². The van der Waals surface area contributed by atoms with Crippen LogP contribution in [0.15, 0.2) is 0 Å². The molecule has 1 fully saturated rings. The van der Waals surface area contributed by atoms with Gasteiger partial charge in [0.25, 0.3) is 0 Å². The number of carbonyl (C=O) groups excluding carboxylic acids is 1. The van der Waals surface area contributed by atoms with E-state index in [2.05, 4.69) is 20.8 Å². The highest BCUT2D eigenvalue weighted by molar-refractivity contribution is 5.76. The van der Waals surface area contributed by atoms with Crippen molar-refractivity contribution in [1.82, 2.24) is 4.90 Å². The molecule has 1 heterocycles. The summed E-state index contributed by atoms with van der Waals surface area (Å²) in [5.74, 6) is 0.978. The lowest BCUT2D eigenvalue weighted by atomic mass is 9.78. The molecule has 0 saturated carbocycles. The van der Waals surface area contributed by atoms with Crippen LogP contribution < -0.4 is 0 Å². The minimum absolute atomic E-state index is 0.310. The molecule has 0 aromatic carbocycles. The first-order chi connectivity index (χ1) is 5.99. The molecule has 0 N–H and O–H groups in total. The van der Waals surface area contributed by atoms with Crippen LogP contribution in [0.25, 0.3) is 0 Å². The molecule has 2 heteroatoms. The van der Waals surface area contributed by atoms with Gasteiger partial charge in [0.2, 0.25) is 5.91 Å². The predicted molar refractivity (Wildman–Crippen MR) is 54.4 cm³/mol. The number of amides is 1. The summed E-state index contributed by atoms with van der Waals surface area (Å²) >= 11 is 0. The quantitative estimate of drug-likeness (QED) is 0.643. The molecule has 1 amide bonds. The maximum atomic E-state index is 11.5. The van der Waals surface area contributed by atoms with E-state index in [-0.39, 0.29) is 0 Å². The van der Waals surface area contributed by atoms with Crippen molar-refractivity contribution in [3.8, 4) is 0 Å². The number of carbonyl (C=O) groups is 1. The first-order valence-corrected chi connectivity index (χ1v) is 5.27. The van der Waals surface area contributed by atoms with Crippen LogP contribution in [0, 0.1) is 11.3 Å². The van der Waals surface area contributed by atoms with Gasteiger partial charge in [-0.05, 0) is 17.8 Å². The largest absolute Gasteiger partial charge is 0.342 e. The van der Waals surface area contributed by atoms with E-state index in [0.29, 0.717) is 23.7 Å². The lowest BCUT2D eigenvalue weighted by Crippen LogP contribution is -2.32. The fraction of sp³-hybridized carbons (Fsp3) is 0.909. The highest BCUT2D eigenvalue weighted by Crippen LogP contribution is 2.37. The van der Waals surface area contributed by atoms with E-state index in [1.807, 2.05) is 11.8 Å². The average Bonchev–Trinajstić information content (AvgIpc) is 2.48. The third-order valence-corrected chi connectivity index (χ3v) is 3.55. The predicted octanol–water partition coefficient (Wildman–Crippen LogP) is 2.29. The van der Waals surface area contributed by atoms with Crippen molar-refractivity contribution in [2.45, 2.75) is 40.5 Å². The Bertz CT molecular complexity index is 200. The van der Waals surface area contributed by atoms with Crippen LogP contribution in [-0.4, -0.2) is 23.9 Å². The normalized spacial score (nSPS) is 28.5. The van der Waals surface area contributed by atoms with Crippen molar-refractivity contribution >= 4 is 5.91 Å². The SMILES string of the molecule is CCC(=O)N1CC[C@](C)(C(C)C)C1. The molecule has 0 aromatic rings. The molecule has 0 radical (unpaired) electrons. The molecule has 2 nitrogen and oxygen atoms in total. The molecule has 1 aliphatic rings. The van der Waals surface area contributed by atoms with Gasteiger partial charge in [-0.1, -0.05) is 27.7 Å². The third kappa shape index (κ3) is 2.04. The first kappa shape index (κ1) is 10.6. The molecule has 1 atom stereocenters. The zero-order chi connectivity index (χ0) is 10.1. The molecule has 1 saturated heterocycles. The van der Waals surface area contributed by atoms with Crippen molar-refractivity contribution in [3.63, 3.8) is 0 Å². The number of rotatable bonds is 2. The molecule has 1 aliphatic heterocycles. The third-order valence-electron chi connectivity index (χ3n) is 3.55. The van der Waals surface area contributed by atoms with Gasteiger partial charge < -0.3 is 4.90 Å². The first-order valence-electron chi connectivity index (χ1n) is 5.27. The number of hydrogen-bond acceptors (Lipinski definition) is 1. The molecule has 0 bridgehead atoms. The molecule has 13 heavy (non-hydrogen) atoms. The monoisotopic (exact) mass is 183 g/mol. The second kappa shape index (κ2) is 3.69. The summed E-state index contributed by atoms with van der Waals surface area (Å²) in [6, 6.07) is 0. The van der Waals surface area contributed by atoms with Crippen molar-refractivity contribution in [2.24, 2.45) is 11.3 Å². The van der Waals surface area contributed by atoms with Crippen LogP contribution in [0.4, 0.5) is 0 Å². The van der Waals surface area contributed by atoms with Gasteiger partial charge in [0.1, 0.15) is 0 Å². The Balaban J connectivity index is 2.58. The maximum Gasteiger partial charge on any atom is 0.222 e. The molecular formula is C11H21NO. The van der Waals surface area contributed by atoms with Gasteiger partial charge in [0.05, 0.1) is 0 Å². The van der Waals surface area contributed by atoms with Gasteiger partial charge in [-0.25, -0.2) is 0 Å². The van der Waals surface area contributed by atoms with E-state index in [1.165, 1.54) is 0 Å². The van der Waals surface area contributed by atoms with Crippen LogP contribution in [-0.2, 0) is 4.79 Å². The van der Waals surface area contributed by atoms with Crippen LogP contribution >= 0.6 is 0 Å². The van der Waals surface area contributed by atoms with E-state index in [4.69, 9.17) is 0 Å². The minimum Gasteiger partial charge on any atom is -0.342 e. The minimum atomic E-state index is 0.310. The van der Waals surface area contributed by atoms with Crippen LogP contribution in [0.5, 0.6) is 0 Å². The van der Waals surface area contributed by atoms with E-state index in [1.54, 1.807) is 0 Å². The molecule has 0 aliphatic carbocycles. The molecule has 0 spiro atoms. The molecular weight excluding hydrogens is 162 g/mol. The van der Waals surface area contributed by atoms with Crippen LogP contribution in [0.1, 0.15) is 40.5 Å². The Morgan fingerprint density at radius 2 is 2.15 bits per heavy atom. The molecule has 0 unspecified atom stereocenters. The molecule has 0 aromatic heterocycles. The summed E-state index contributed by atoms with van der Waals surface area (Å²) in [7, 11) is 0. The van der Waals surface area contributed by atoms with Gasteiger partial charge in [-0.3, -0.25) is 4.79 Å². The van der Waals surface area contributed by atoms with Gasteiger partial charge in [0, 0.05) is 19.5 Å². The van der Waals surface area contributed by atoms with E-state index in [9.17, 15) is 4.79 Å². The summed E-state index contributed by atoms with van der Waals surface area (Å²) in [5.41, 5.74) is 0.352. The topological polar surface area (TPSA) is 20.3 Å². The van der Waals surface area contributed by atoms with E-state index in [0.717, 1.165) is 19.5 Å². The van der Waals surface area contributed by atoms with Crippen molar-refractivity contribution < 1.29 is 4.79 Å². The molecule has 76 valence electrons. The highest BCUT2D eigenvalue weighted by atomic mass is 16.2. The summed E-state index contributed by atoms with van der Waals surface area (Å²) in [5, 5.41) is 0. The summed E-state index contributed by atoms with van der Waals surface area (Å²) in [6.07, 6.45) is 1.81. The average molecular weight is 183 g/mol. The lowest BCUT2D eigenvalue weighted by molar-refractivity contribution is -0.130. The Labute approximate surface area is 81.3 Å². The van der Waals surface area contributed by atoms with E-state index >= 15 is 0 Å². The number of hydrogen-bond donors (Lipinski definition) is 0. The van der Waals surface area contributed by atoms with Gasteiger partial charge >= 0.3 is 0 Å². The second-order valence-electron chi connectivity index (χ2n) is 4.73. The summed E-state index contributed by atoms with van der Waals surface area (Å²) in [6.45, 7) is 10.6. The Hall–Kier alpha value is -0.530. The zero-order valence-corrected chi connectivity index (χ0v) is 9.26.